The van der Waals surface area contributed by atoms with E-state index in [9.17, 15) is 0 Å². The summed E-state index contributed by atoms with van der Waals surface area (Å²) in [5, 5.41) is 4.29. The number of hydrogen-bond acceptors (Lipinski definition) is 4. The van der Waals surface area contributed by atoms with E-state index in [1.54, 1.807) is 25.1 Å². The summed E-state index contributed by atoms with van der Waals surface area (Å²) in [5.74, 6) is 0.739. The predicted octanol–water partition coefficient (Wildman–Crippen LogP) is 2.68. The molecule has 0 fully saturated rings. The molecule has 0 aliphatic heterocycles. The smallest absolute Gasteiger partial charge is 0.161 e. The zero-order valence-electron chi connectivity index (χ0n) is 11.5. The number of rotatable bonds is 5. The van der Waals surface area contributed by atoms with Crippen molar-refractivity contribution in [3.8, 4) is 5.75 Å². The predicted molar refractivity (Wildman–Crippen MR) is 78.7 cm³/mol. The topological polar surface area (TPSA) is 53.1 Å². The van der Waals surface area contributed by atoms with Crippen molar-refractivity contribution in [2.75, 3.05) is 13.4 Å². The molecule has 0 aliphatic carbocycles. The molecule has 19 heavy (non-hydrogen) atoms. The summed E-state index contributed by atoms with van der Waals surface area (Å²) in [6.45, 7) is 2.81. The molecule has 0 aliphatic rings. The lowest BCUT2D eigenvalue weighted by Gasteiger charge is -2.15. The summed E-state index contributed by atoms with van der Waals surface area (Å²) in [7, 11) is 1.64. The van der Waals surface area contributed by atoms with E-state index in [-0.39, 0.29) is 6.04 Å². The number of aromatic nitrogens is 2. The maximum atomic E-state index is 6.36. The van der Waals surface area contributed by atoms with E-state index >= 15 is 0 Å². The Morgan fingerprint density at radius 3 is 2.58 bits per heavy atom. The molecule has 0 amide bonds. The van der Waals surface area contributed by atoms with Crippen LogP contribution in [0, 0.1) is 0 Å². The summed E-state index contributed by atoms with van der Waals surface area (Å²) in [6.07, 6.45) is 3.78. The molecule has 2 N–H and O–H groups in total. The summed E-state index contributed by atoms with van der Waals surface area (Å²) in [5.41, 5.74) is 8.34. The van der Waals surface area contributed by atoms with Gasteiger partial charge in [-0.1, -0.05) is 12.1 Å². The standard InChI is InChI=1S/C14H19N3OS/c1-4-17-14(12(18-2)9-16-17)13(15)10-5-7-11(19-3)8-6-10/h5-9,13H,4,15H2,1-3H3. The highest BCUT2D eigenvalue weighted by atomic mass is 32.2. The van der Waals surface area contributed by atoms with Gasteiger partial charge in [0.25, 0.3) is 0 Å². The second kappa shape index (κ2) is 6.12. The fourth-order valence-electron chi connectivity index (χ4n) is 2.07. The third-order valence-corrected chi connectivity index (χ3v) is 3.88. The van der Waals surface area contributed by atoms with Gasteiger partial charge in [0.2, 0.25) is 0 Å². The van der Waals surface area contributed by atoms with E-state index in [2.05, 4.69) is 35.6 Å². The van der Waals surface area contributed by atoms with Crippen LogP contribution in [0.25, 0.3) is 0 Å². The minimum atomic E-state index is -0.228. The van der Waals surface area contributed by atoms with Crippen LogP contribution in [-0.2, 0) is 6.54 Å². The normalized spacial score (nSPS) is 12.4. The zero-order valence-corrected chi connectivity index (χ0v) is 12.3. The van der Waals surface area contributed by atoms with Crippen LogP contribution in [0.2, 0.25) is 0 Å². The van der Waals surface area contributed by atoms with Crippen LogP contribution < -0.4 is 10.5 Å². The van der Waals surface area contributed by atoms with Gasteiger partial charge in [-0.15, -0.1) is 11.8 Å². The van der Waals surface area contributed by atoms with E-state index < -0.39 is 0 Å². The Hall–Kier alpha value is -1.46. The second-order valence-corrected chi connectivity index (χ2v) is 5.04. The highest BCUT2D eigenvalue weighted by Crippen LogP contribution is 2.29. The van der Waals surface area contributed by atoms with E-state index in [1.165, 1.54) is 4.90 Å². The molecule has 2 rings (SSSR count). The molecule has 4 nitrogen and oxygen atoms in total. The van der Waals surface area contributed by atoms with Crippen LogP contribution in [-0.4, -0.2) is 23.1 Å². The van der Waals surface area contributed by atoms with Crippen LogP contribution in [0.5, 0.6) is 5.75 Å². The van der Waals surface area contributed by atoms with Crippen molar-refractivity contribution in [3.05, 3.63) is 41.7 Å². The average molecular weight is 277 g/mol. The molecule has 0 spiro atoms. The lowest BCUT2D eigenvalue weighted by atomic mass is 10.0. The van der Waals surface area contributed by atoms with Gasteiger partial charge in [0.05, 0.1) is 19.3 Å². The van der Waals surface area contributed by atoms with Crippen molar-refractivity contribution in [2.45, 2.75) is 24.4 Å². The number of methoxy groups -OCH3 is 1. The fraction of sp³-hybridized carbons (Fsp3) is 0.357. The molecular formula is C14H19N3OS. The maximum absolute atomic E-state index is 6.36. The third-order valence-electron chi connectivity index (χ3n) is 3.13. The van der Waals surface area contributed by atoms with Crippen LogP contribution >= 0.6 is 11.8 Å². The largest absolute Gasteiger partial charge is 0.493 e. The Kier molecular flexibility index (Phi) is 4.50. The van der Waals surface area contributed by atoms with Gasteiger partial charge in [0, 0.05) is 11.4 Å². The van der Waals surface area contributed by atoms with Gasteiger partial charge in [-0.05, 0) is 30.9 Å². The molecule has 1 aromatic heterocycles. The Morgan fingerprint density at radius 1 is 1.37 bits per heavy atom. The number of nitrogens with zero attached hydrogens (tertiary/aromatic N) is 2. The summed E-state index contributed by atoms with van der Waals surface area (Å²) in [6, 6.07) is 8.05. The molecule has 1 unspecified atom stereocenters. The van der Waals surface area contributed by atoms with E-state index in [1.807, 2.05) is 11.6 Å². The summed E-state index contributed by atoms with van der Waals surface area (Å²) < 4.78 is 7.23. The quantitative estimate of drug-likeness (QED) is 0.854. The Bertz CT molecular complexity index is 515. The molecular weight excluding hydrogens is 258 g/mol. The molecule has 5 heteroatoms. The number of benzene rings is 1. The van der Waals surface area contributed by atoms with Gasteiger partial charge in [-0.3, -0.25) is 4.68 Å². The third kappa shape index (κ3) is 2.77. The van der Waals surface area contributed by atoms with E-state index in [0.717, 1.165) is 23.6 Å². The van der Waals surface area contributed by atoms with E-state index in [0.29, 0.717) is 0 Å². The van der Waals surface area contributed by atoms with Gasteiger partial charge in [0.15, 0.2) is 5.75 Å². The lowest BCUT2D eigenvalue weighted by molar-refractivity contribution is 0.404. The van der Waals surface area contributed by atoms with Crippen molar-refractivity contribution in [3.63, 3.8) is 0 Å². The molecule has 102 valence electrons. The molecule has 0 radical (unpaired) electrons. The Labute approximate surface area is 117 Å². The zero-order chi connectivity index (χ0) is 13.8. The van der Waals surface area contributed by atoms with Crippen LogP contribution in [0.4, 0.5) is 0 Å². The summed E-state index contributed by atoms with van der Waals surface area (Å²) >= 11 is 1.72. The Morgan fingerprint density at radius 2 is 2.05 bits per heavy atom. The van der Waals surface area contributed by atoms with Crippen LogP contribution in [0.1, 0.15) is 24.2 Å². The minimum absolute atomic E-state index is 0.228. The number of hydrogen-bond donors (Lipinski definition) is 1. The average Bonchev–Trinajstić information content (AvgIpc) is 2.89. The highest BCUT2D eigenvalue weighted by Gasteiger charge is 2.19. The lowest BCUT2D eigenvalue weighted by Crippen LogP contribution is -2.18. The van der Waals surface area contributed by atoms with E-state index in [4.69, 9.17) is 10.5 Å². The molecule has 1 heterocycles. The van der Waals surface area contributed by atoms with Gasteiger partial charge in [0.1, 0.15) is 5.69 Å². The van der Waals surface area contributed by atoms with Crippen molar-refractivity contribution in [2.24, 2.45) is 5.73 Å². The van der Waals surface area contributed by atoms with Crippen molar-refractivity contribution < 1.29 is 4.74 Å². The van der Waals surface area contributed by atoms with Crippen molar-refractivity contribution in [1.82, 2.24) is 9.78 Å². The first-order valence-electron chi connectivity index (χ1n) is 6.20. The minimum Gasteiger partial charge on any atom is -0.493 e. The van der Waals surface area contributed by atoms with Gasteiger partial charge in [-0.2, -0.15) is 5.10 Å². The van der Waals surface area contributed by atoms with Gasteiger partial charge >= 0.3 is 0 Å². The first-order valence-corrected chi connectivity index (χ1v) is 7.43. The van der Waals surface area contributed by atoms with Crippen molar-refractivity contribution >= 4 is 11.8 Å². The van der Waals surface area contributed by atoms with Gasteiger partial charge in [-0.25, -0.2) is 0 Å². The molecule has 0 bridgehead atoms. The summed E-state index contributed by atoms with van der Waals surface area (Å²) in [4.78, 5) is 1.23. The first-order chi connectivity index (χ1) is 9.21. The molecule has 0 saturated heterocycles. The molecule has 1 aromatic carbocycles. The van der Waals surface area contributed by atoms with Crippen molar-refractivity contribution in [1.29, 1.82) is 0 Å². The SMILES string of the molecule is CCn1ncc(OC)c1C(N)c1ccc(SC)cc1. The second-order valence-electron chi connectivity index (χ2n) is 4.16. The number of aryl methyl sites for hydroxylation is 1. The maximum Gasteiger partial charge on any atom is 0.161 e. The first kappa shape index (κ1) is 14.0. The number of thioether (sulfide) groups is 1. The highest BCUT2D eigenvalue weighted by molar-refractivity contribution is 7.98. The number of ether oxygens (including phenoxy) is 1. The Balaban J connectivity index is 2.36. The van der Waals surface area contributed by atoms with Gasteiger partial charge < -0.3 is 10.5 Å². The molecule has 1 atom stereocenters. The molecule has 0 saturated carbocycles. The molecule has 2 aromatic rings. The number of nitrogens with two attached hydrogens (primary N) is 1. The van der Waals surface area contributed by atoms with Crippen LogP contribution in [0.3, 0.4) is 0 Å². The monoisotopic (exact) mass is 277 g/mol. The fourth-order valence-corrected chi connectivity index (χ4v) is 2.48. The van der Waals surface area contributed by atoms with Crippen LogP contribution in [0.15, 0.2) is 35.4 Å².